The summed E-state index contributed by atoms with van der Waals surface area (Å²) < 4.78 is 30.5. The number of piperazine rings is 1. The van der Waals surface area contributed by atoms with E-state index >= 15 is 0 Å². The Morgan fingerprint density at radius 1 is 1.43 bits per heavy atom. The number of benzene rings is 1. The maximum absolute atomic E-state index is 12.5. The summed E-state index contributed by atoms with van der Waals surface area (Å²) in [5.41, 5.74) is 5.82. The number of carbonyl (C=O) groups is 2. The van der Waals surface area contributed by atoms with Gasteiger partial charge in [-0.2, -0.15) is 4.31 Å². The molecule has 1 aromatic rings. The van der Waals surface area contributed by atoms with Gasteiger partial charge in [-0.05, 0) is 18.2 Å². The molecular formula is C12H15N3O5S. The molecule has 21 heavy (non-hydrogen) atoms. The second-order valence-corrected chi connectivity index (χ2v) is 6.34. The highest BCUT2D eigenvalue weighted by atomic mass is 32.2. The molecule has 114 valence electrons. The Hall–Kier alpha value is -2.13. The number of anilines is 1. The monoisotopic (exact) mass is 313 g/mol. The van der Waals surface area contributed by atoms with Crippen LogP contribution in [-0.2, 0) is 19.6 Å². The van der Waals surface area contributed by atoms with Gasteiger partial charge in [-0.15, -0.1) is 0 Å². The molecule has 1 fully saturated rings. The van der Waals surface area contributed by atoms with E-state index in [0.717, 1.165) is 4.31 Å². The molecule has 2 rings (SSSR count). The van der Waals surface area contributed by atoms with Gasteiger partial charge in [0.2, 0.25) is 15.9 Å². The normalized spacial score (nSPS) is 16.3. The van der Waals surface area contributed by atoms with E-state index in [1.54, 1.807) is 0 Å². The SMILES string of the molecule is COC(=O)c1ccc(S(=O)(=O)N2CCNC(=O)C2)c(N)c1. The van der Waals surface area contributed by atoms with Gasteiger partial charge in [-0.25, -0.2) is 13.2 Å². The minimum atomic E-state index is -3.88. The number of nitrogens with zero attached hydrogens (tertiary/aromatic N) is 1. The fourth-order valence-corrected chi connectivity index (χ4v) is 3.48. The first-order chi connectivity index (χ1) is 9.86. The van der Waals surface area contributed by atoms with E-state index in [-0.39, 0.29) is 41.7 Å². The van der Waals surface area contributed by atoms with Crippen LogP contribution in [0.5, 0.6) is 0 Å². The number of ether oxygens (including phenoxy) is 1. The lowest BCUT2D eigenvalue weighted by Crippen LogP contribution is -2.49. The highest BCUT2D eigenvalue weighted by Gasteiger charge is 2.30. The van der Waals surface area contributed by atoms with Crippen LogP contribution in [0, 0.1) is 0 Å². The molecule has 9 heteroatoms. The van der Waals surface area contributed by atoms with Crippen LogP contribution in [0.4, 0.5) is 5.69 Å². The number of esters is 1. The summed E-state index contributed by atoms with van der Waals surface area (Å²) in [6.45, 7) is 0.172. The third-order valence-corrected chi connectivity index (χ3v) is 4.97. The number of hydrogen-bond donors (Lipinski definition) is 2. The number of amides is 1. The molecule has 0 saturated carbocycles. The zero-order valence-corrected chi connectivity index (χ0v) is 12.1. The predicted octanol–water partition coefficient (Wildman–Crippen LogP) is -0.824. The lowest BCUT2D eigenvalue weighted by molar-refractivity contribution is -0.122. The summed E-state index contributed by atoms with van der Waals surface area (Å²) in [7, 11) is -2.66. The van der Waals surface area contributed by atoms with E-state index < -0.39 is 16.0 Å². The molecule has 1 aromatic carbocycles. The molecule has 0 bridgehead atoms. The van der Waals surface area contributed by atoms with Gasteiger partial charge in [0.25, 0.3) is 0 Å². The standard InChI is InChI=1S/C12H15N3O5S/c1-20-12(17)8-2-3-10(9(13)6-8)21(18,19)15-5-4-14-11(16)7-15/h2-3,6H,4-5,7,13H2,1H3,(H,14,16). The first-order valence-electron chi connectivity index (χ1n) is 6.11. The van der Waals surface area contributed by atoms with Crippen molar-refractivity contribution in [2.75, 3.05) is 32.5 Å². The maximum Gasteiger partial charge on any atom is 0.337 e. The number of methoxy groups -OCH3 is 1. The number of rotatable bonds is 3. The van der Waals surface area contributed by atoms with Gasteiger partial charge in [-0.1, -0.05) is 0 Å². The molecule has 1 aliphatic rings. The number of nitrogen functional groups attached to an aromatic ring is 1. The summed E-state index contributed by atoms with van der Waals surface area (Å²) >= 11 is 0. The second kappa shape index (κ2) is 5.70. The van der Waals surface area contributed by atoms with Crippen molar-refractivity contribution in [3.05, 3.63) is 23.8 Å². The van der Waals surface area contributed by atoms with Crippen molar-refractivity contribution in [3.8, 4) is 0 Å². The average Bonchev–Trinajstić information content (AvgIpc) is 2.46. The Kier molecular flexibility index (Phi) is 4.14. The fourth-order valence-electron chi connectivity index (χ4n) is 1.99. The Balaban J connectivity index is 2.36. The van der Waals surface area contributed by atoms with Crippen LogP contribution in [-0.4, -0.2) is 51.3 Å². The lowest BCUT2D eigenvalue weighted by Gasteiger charge is -2.26. The van der Waals surface area contributed by atoms with Crippen molar-refractivity contribution in [1.29, 1.82) is 0 Å². The van der Waals surface area contributed by atoms with Crippen LogP contribution in [0.1, 0.15) is 10.4 Å². The molecule has 0 spiro atoms. The van der Waals surface area contributed by atoms with Gasteiger partial charge >= 0.3 is 5.97 Å². The number of sulfonamides is 1. The number of hydrogen-bond acceptors (Lipinski definition) is 6. The molecule has 1 amide bonds. The highest BCUT2D eigenvalue weighted by Crippen LogP contribution is 2.24. The first kappa shape index (κ1) is 15.3. The summed E-state index contributed by atoms with van der Waals surface area (Å²) in [6, 6.07) is 3.80. The third-order valence-electron chi connectivity index (χ3n) is 3.05. The number of nitrogens with two attached hydrogens (primary N) is 1. The summed E-state index contributed by atoms with van der Waals surface area (Å²) in [4.78, 5) is 22.6. The lowest BCUT2D eigenvalue weighted by atomic mass is 10.2. The van der Waals surface area contributed by atoms with Crippen LogP contribution in [0.25, 0.3) is 0 Å². The van der Waals surface area contributed by atoms with Crippen molar-refractivity contribution < 1.29 is 22.7 Å². The number of carbonyl (C=O) groups excluding carboxylic acids is 2. The van der Waals surface area contributed by atoms with Crippen molar-refractivity contribution in [1.82, 2.24) is 9.62 Å². The first-order valence-corrected chi connectivity index (χ1v) is 7.55. The minimum Gasteiger partial charge on any atom is -0.465 e. The Morgan fingerprint density at radius 2 is 2.14 bits per heavy atom. The minimum absolute atomic E-state index is 0.0659. The van der Waals surface area contributed by atoms with Crippen LogP contribution < -0.4 is 11.1 Å². The third kappa shape index (κ3) is 2.98. The summed E-state index contributed by atoms with van der Waals surface area (Å²) in [6.07, 6.45) is 0. The van der Waals surface area contributed by atoms with E-state index in [4.69, 9.17) is 5.73 Å². The Bertz CT molecular complexity index is 686. The van der Waals surface area contributed by atoms with Gasteiger partial charge in [-0.3, -0.25) is 4.79 Å². The van der Waals surface area contributed by atoms with Crippen LogP contribution in [0.2, 0.25) is 0 Å². The molecule has 1 heterocycles. The molecule has 0 atom stereocenters. The molecule has 0 radical (unpaired) electrons. The molecule has 8 nitrogen and oxygen atoms in total. The molecule has 3 N–H and O–H groups in total. The van der Waals surface area contributed by atoms with E-state index in [0.29, 0.717) is 0 Å². The van der Waals surface area contributed by atoms with Crippen molar-refractivity contribution in [3.63, 3.8) is 0 Å². The molecule has 0 aromatic heterocycles. The average molecular weight is 313 g/mol. The van der Waals surface area contributed by atoms with Crippen molar-refractivity contribution in [2.24, 2.45) is 0 Å². The Morgan fingerprint density at radius 3 is 2.71 bits per heavy atom. The number of nitrogens with one attached hydrogen (secondary N) is 1. The van der Waals surface area contributed by atoms with Crippen molar-refractivity contribution >= 4 is 27.6 Å². The second-order valence-electron chi connectivity index (χ2n) is 4.43. The quantitative estimate of drug-likeness (QED) is 0.555. The molecular weight excluding hydrogens is 298 g/mol. The van der Waals surface area contributed by atoms with Crippen LogP contribution >= 0.6 is 0 Å². The highest BCUT2D eigenvalue weighted by molar-refractivity contribution is 7.89. The van der Waals surface area contributed by atoms with Gasteiger partial charge in [0, 0.05) is 13.1 Å². The van der Waals surface area contributed by atoms with Gasteiger partial charge < -0.3 is 15.8 Å². The van der Waals surface area contributed by atoms with Gasteiger partial charge in [0.15, 0.2) is 0 Å². The fraction of sp³-hybridized carbons (Fsp3) is 0.333. The van der Waals surface area contributed by atoms with E-state index in [1.165, 1.54) is 25.3 Å². The van der Waals surface area contributed by atoms with Crippen LogP contribution in [0.3, 0.4) is 0 Å². The summed E-state index contributed by atoms with van der Waals surface area (Å²) in [5, 5.41) is 2.54. The zero-order valence-electron chi connectivity index (χ0n) is 11.3. The molecule has 1 aliphatic heterocycles. The molecule has 0 unspecified atom stereocenters. The predicted molar refractivity (Wildman–Crippen MR) is 74.0 cm³/mol. The molecule has 1 saturated heterocycles. The van der Waals surface area contributed by atoms with E-state index in [1.807, 2.05) is 0 Å². The van der Waals surface area contributed by atoms with E-state index in [2.05, 4.69) is 10.1 Å². The zero-order chi connectivity index (χ0) is 15.6. The van der Waals surface area contributed by atoms with Gasteiger partial charge in [0.1, 0.15) is 4.90 Å². The smallest absolute Gasteiger partial charge is 0.337 e. The topological polar surface area (TPSA) is 119 Å². The Labute approximate surface area is 121 Å². The molecule has 0 aliphatic carbocycles. The van der Waals surface area contributed by atoms with Crippen LogP contribution in [0.15, 0.2) is 23.1 Å². The summed E-state index contributed by atoms with van der Waals surface area (Å²) in [5.74, 6) is -0.974. The van der Waals surface area contributed by atoms with Gasteiger partial charge in [0.05, 0.1) is 24.9 Å². The largest absolute Gasteiger partial charge is 0.465 e. The van der Waals surface area contributed by atoms with Crippen molar-refractivity contribution in [2.45, 2.75) is 4.90 Å². The maximum atomic E-state index is 12.5. The van der Waals surface area contributed by atoms with E-state index in [9.17, 15) is 18.0 Å².